The SMILES string of the molecule is Cn1cc(Br)c(C(=O)n2nnc3ccccc32)n1. The summed E-state index contributed by atoms with van der Waals surface area (Å²) in [7, 11) is 1.75. The first kappa shape index (κ1) is 11.1. The van der Waals surface area contributed by atoms with E-state index in [1.165, 1.54) is 4.68 Å². The van der Waals surface area contributed by atoms with Crippen molar-refractivity contribution in [2.24, 2.45) is 7.05 Å². The first-order chi connectivity index (χ1) is 8.66. The third kappa shape index (κ3) is 1.63. The van der Waals surface area contributed by atoms with Crippen molar-refractivity contribution >= 4 is 32.9 Å². The van der Waals surface area contributed by atoms with Crippen LogP contribution in [0.3, 0.4) is 0 Å². The van der Waals surface area contributed by atoms with E-state index in [9.17, 15) is 4.79 Å². The Morgan fingerprint density at radius 3 is 2.83 bits per heavy atom. The van der Waals surface area contributed by atoms with Crippen molar-refractivity contribution in [2.75, 3.05) is 0 Å². The second-order valence-electron chi connectivity index (χ2n) is 3.79. The molecule has 0 amide bonds. The van der Waals surface area contributed by atoms with Crippen LogP contribution in [0.1, 0.15) is 10.5 Å². The summed E-state index contributed by atoms with van der Waals surface area (Å²) >= 11 is 3.30. The molecule has 0 radical (unpaired) electrons. The zero-order valence-corrected chi connectivity index (χ0v) is 11.0. The van der Waals surface area contributed by atoms with Gasteiger partial charge in [0.2, 0.25) is 0 Å². The molecule has 0 aliphatic rings. The van der Waals surface area contributed by atoms with E-state index in [2.05, 4.69) is 31.3 Å². The summed E-state index contributed by atoms with van der Waals surface area (Å²) in [5.74, 6) is -0.309. The first-order valence-corrected chi connectivity index (χ1v) is 6.00. The average Bonchev–Trinajstić information content (AvgIpc) is 2.92. The highest BCUT2D eigenvalue weighted by atomic mass is 79.9. The number of carbonyl (C=O) groups excluding carboxylic acids is 1. The van der Waals surface area contributed by atoms with Gasteiger partial charge in [-0.1, -0.05) is 17.3 Å². The molecule has 2 aromatic heterocycles. The van der Waals surface area contributed by atoms with Gasteiger partial charge in [-0.15, -0.1) is 5.10 Å². The third-order valence-corrected chi connectivity index (χ3v) is 3.11. The second kappa shape index (κ2) is 4.02. The summed E-state index contributed by atoms with van der Waals surface area (Å²) in [6, 6.07) is 7.29. The Morgan fingerprint density at radius 2 is 2.11 bits per heavy atom. The van der Waals surface area contributed by atoms with Crippen molar-refractivity contribution in [3.8, 4) is 0 Å². The predicted octanol–water partition coefficient (Wildman–Crippen LogP) is 1.62. The minimum atomic E-state index is -0.309. The van der Waals surface area contributed by atoms with Gasteiger partial charge in [0.05, 0.1) is 9.99 Å². The minimum absolute atomic E-state index is 0.309. The van der Waals surface area contributed by atoms with Gasteiger partial charge in [0.1, 0.15) is 5.52 Å². The van der Waals surface area contributed by atoms with Crippen molar-refractivity contribution in [3.63, 3.8) is 0 Å². The van der Waals surface area contributed by atoms with Crippen molar-refractivity contribution in [1.29, 1.82) is 0 Å². The smallest absolute Gasteiger partial charge is 0.274 e. The van der Waals surface area contributed by atoms with Crippen LogP contribution in [0.5, 0.6) is 0 Å². The molecule has 0 aliphatic heterocycles. The predicted molar refractivity (Wildman–Crippen MR) is 68.2 cm³/mol. The van der Waals surface area contributed by atoms with Crippen LogP contribution >= 0.6 is 15.9 Å². The van der Waals surface area contributed by atoms with Crippen LogP contribution in [-0.4, -0.2) is 30.7 Å². The number of hydrogen-bond acceptors (Lipinski definition) is 4. The van der Waals surface area contributed by atoms with Gasteiger partial charge in [-0.05, 0) is 28.1 Å². The lowest BCUT2D eigenvalue weighted by atomic mass is 10.3. The highest BCUT2D eigenvalue weighted by molar-refractivity contribution is 9.10. The number of aromatic nitrogens is 5. The molecule has 0 N–H and O–H groups in total. The Labute approximate surface area is 110 Å². The van der Waals surface area contributed by atoms with Crippen LogP contribution in [0.2, 0.25) is 0 Å². The summed E-state index contributed by atoms with van der Waals surface area (Å²) in [6.45, 7) is 0. The molecule has 7 heteroatoms. The van der Waals surface area contributed by atoms with Gasteiger partial charge in [0, 0.05) is 13.2 Å². The molecular formula is C11H8BrN5O. The van der Waals surface area contributed by atoms with E-state index in [0.717, 1.165) is 0 Å². The molecule has 6 nitrogen and oxygen atoms in total. The number of rotatable bonds is 1. The number of carbonyl (C=O) groups is 1. The summed E-state index contributed by atoms with van der Waals surface area (Å²) in [6.07, 6.45) is 1.71. The fourth-order valence-electron chi connectivity index (χ4n) is 1.72. The molecule has 0 aliphatic carbocycles. The Hall–Kier alpha value is -2.02. The van der Waals surface area contributed by atoms with Gasteiger partial charge in [-0.3, -0.25) is 9.48 Å². The van der Waals surface area contributed by atoms with E-state index in [0.29, 0.717) is 21.2 Å². The summed E-state index contributed by atoms with van der Waals surface area (Å²) in [5.41, 5.74) is 1.66. The van der Waals surface area contributed by atoms with E-state index >= 15 is 0 Å². The first-order valence-electron chi connectivity index (χ1n) is 5.21. The van der Waals surface area contributed by atoms with Crippen LogP contribution in [0, 0.1) is 0 Å². The van der Waals surface area contributed by atoms with E-state index in [4.69, 9.17) is 0 Å². The lowest BCUT2D eigenvalue weighted by Crippen LogP contribution is -2.15. The van der Waals surface area contributed by atoms with Crippen molar-refractivity contribution in [1.82, 2.24) is 24.8 Å². The van der Waals surface area contributed by atoms with E-state index in [-0.39, 0.29) is 5.91 Å². The summed E-state index contributed by atoms with van der Waals surface area (Å²) in [5, 5.41) is 11.9. The Morgan fingerprint density at radius 1 is 1.33 bits per heavy atom. The Kier molecular flexibility index (Phi) is 2.48. The highest BCUT2D eigenvalue weighted by Gasteiger charge is 2.19. The molecule has 0 saturated carbocycles. The van der Waals surface area contributed by atoms with Gasteiger partial charge < -0.3 is 0 Å². The van der Waals surface area contributed by atoms with Crippen LogP contribution in [0.15, 0.2) is 34.9 Å². The van der Waals surface area contributed by atoms with E-state index in [1.54, 1.807) is 30.1 Å². The maximum absolute atomic E-state index is 12.3. The molecule has 18 heavy (non-hydrogen) atoms. The Bertz CT molecular complexity index is 745. The van der Waals surface area contributed by atoms with Crippen molar-refractivity contribution in [2.45, 2.75) is 0 Å². The number of nitrogens with zero attached hydrogens (tertiary/aromatic N) is 5. The molecule has 0 saturated heterocycles. The lowest BCUT2D eigenvalue weighted by molar-refractivity contribution is 0.0941. The largest absolute Gasteiger partial charge is 0.301 e. The van der Waals surface area contributed by atoms with Gasteiger partial charge >= 0.3 is 5.91 Å². The molecule has 3 rings (SSSR count). The number of halogens is 1. The maximum Gasteiger partial charge on any atom is 0.301 e. The van der Waals surface area contributed by atoms with Crippen LogP contribution in [0.4, 0.5) is 0 Å². The number of aryl methyl sites for hydroxylation is 1. The standard InChI is InChI=1S/C11H8BrN5O/c1-16-6-7(12)10(14-16)11(18)17-9-5-3-2-4-8(9)13-15-17/h2-6H,1H3. The summed E-state index contributed by atoms with van der Waals surface area (Å²) < 4.78 is 3.45. The normalized spacial score (nSPS) is 11.0. The fourth-order valence-corrected chi connectivity index (χ4v) is 2.27. The maximum atomic E-state index is 12.3. The minimum Gasteiger partial charge on any atom is -0.274 e. The van der Waals surface area contributed by atoms with Crippen molar-refractivity contribution < 1.29 is 4.79 Å². The quantitative estimate of drug-likeness (QED) is 0.685. The number of hydrogen-bond donors (Lipinski definition) is 0. The van der Waals surface area contributed by atoms with Crippen molar-refractivity contribution in [3.05, 3.63) is 40.6 Å². The molecule has 0 atom stereocenters. The van der Waals surface area contributed by atoms with Crippen LogP contribution in [0.25, 0.3) is 11.0 Å². The molecule has 90 valence electrons. The number of fused-ring (bicyclic) bond motifs is 1. The monoisotopic (exact) mass is 305 g/mol. The van der Waals surface area contributed by atoms with E-state index in [1.807, 2.05) is 12.1 Å². The molecule has 0 fully saturated rings. The molecule has 0 spiro atoms. The molecule has 1 aromatic carbocycles. The van der Waals surface area contributed by atoms with E-state index < -0.39 is 0 Å². The molecule has 0 bridgehead atoms. The topological polar surface area (TPSA) is 65.6 Å². The number of benzene rings is 1. The highest BCUT2D eigenvalue weighted by Crippen LogP contribution is 2.17. The molecule has 2 heterocycles. The zero-order valence-electron chi connectivity index (χ0n) is 9.41. The van der Waals surface area contributed by atoms with Crippen LogP contribution in [-0.2, 0) is 7.05 Å². The van der Waals surface area contributed by atoms with Gasteiger partial charge in [-0.25, -0.2) is 0 Å². The Balaban J connectivity index is 2.15. The zero-order chi connectivity index (χ0) is 12.7. The second-order valence-corrected chi connectivity index (χ2v) is 4.65. The summed E-state index contributed by atoms with van der Waals surface area (Å²) in [4.78, 5) is 12.3. The molecule has 0 unspecified atom stereocenters. The van der Waals surface area contributed by atoms with Gasteiger partial charge in [0.15, 0.2) is 5.69 Å². The van der Waals surface area contributed by atoms with Crippen LogP contribution < -0.4 is 0 Å². The van der Waals surface area contributed by atoms with Gasteiger partial charge in [-0.2, -0.15) is 9.78 Å². The number of para-hydroxylation sites is 1. The van der Waals surface area contributed by atoms with Gasteiger partial charge in [0.25, 0.3) is 0 Å². The fraction of sp³-hybridized carbons (Fsp3) is 0.0909. The molecule has 3 aromatic rings. The lowest BCUT2D eigenvalue weighted by Gasteiger charge is -1.98. The average molecular weight is 306 g/mol. The molecular weight excluding hydrogens is 298 g/mol. The third-order valence-electron chi connectivity index (χ3n) is 2.53.